The molecular weight excluding hydrogens is 290 g/mol. The van der Waals surface area contributed by atoms with E-state index < -0.39 is 0 Å². The molecule has 0 atom stereocenters. The molecule has 1 amide bonds. The quantitative estimate of drug-likeness (QED) is 0.694. The number of morpholine rings is 1. The minimum atomic E-state index is -0.0448. The maximum absolute atomic E-state index is 13.0. The first kappa shape index (κ1) is 13.8. The smallest absolute Gasteiger partial charge is 0.256 e. The summed E-state index contributed by atoms with van der Waals surface area (Å²) in [4.78, 5) is 14.8. The molecule has 3 aromatic rings. The lowest BCUT2D eigenvalue weighted by molar-refractivity contribution is 0.0304. The van der Waals surface area contributed by atoms with Gasteiger partial charge in [-0.1, -0.05) is 6.07 Å². The van der Waals surface area contributed by atoms with Gasteiger partial charge in [0.25, 0.3) is 5.91 Å². The second-order valence-electron chi connectivity index (χ2n) is 5.61. The van der Waals surface area contributed by atoms with Gasteiger partial charge in [0.05, 0.1) is 35.9 Å². The molecule has 0 N–H and O–H groups in total. The van der Waals surface area contributed by atoms with Gasteiger partial charge in [-0.05, 0) is 30.3 Å². The van der Waals surface area contributed by atoms with Gasteiger partial charge in [-0.15, -0.1) is 0 Å². The molecule has 0 unspecified atom stereocenters. The Morgan fingerprint density at radius 1 is 1.17 bits per heavy atom. The number of hydrogen-bond donors (Lipinski definition) is 0. The Hall–Kier alpha value is -2.84. The Kier molecular flexibility index (Phi) is 3.25. The number of aromatic nitrogens is 1. The van der Waals surface area contributed by atoms with E-state index in [4.69, 9.17) is 4.74 Å². The first-order valence-electron chi connectivity index (χ1n) is 7.59. The third-order valence-corrected chi connectivity index (χ3v) is 4.25. The van der Waals surface area contributed by atoms with Crippen molar-refractivity contribution in [2.75, 3.05) is 26.3 Å². The number of fused-ring (bicyclic) bond motifs is 3. The molecule has 5 heteroatoms. The zero-order valence-corrected chi connectivity index (χ0v) is 12.5. The van der Waals surface area contributed by atoms with Crippen LogP contribution in [0.3, 0.4) is 0 Å². The van der Waals surface area contributed by atoms with Crippen molar-refractivity contribution in [3.8, 4) is 6.07 Å². The Bertz CT molecular complexity index is 946. The number of carbonyl (C=O) groups excluding carboxylic acids is 1. The molecule has 0 saturated carbocycles. The molecule has 0 radical (unpaired) electrons. The van der Waals surface area contributed by atoms with Gasteiger partial charge < -0.3 is 14.0 Å². The number of ether oxygens (including phenoxy) is 1. The summed E-state index contributed by atoms with van der Waals surface area (Å²) in [5, 5.41) is 10.2. The van der Waals surface area contributed by atoms with Crippen LogP contribution < -0.4 is 0 Å². The van der Waals surface area contributed by atoms with Gasteiger partial charge in [-0.3, -0.25) is 4.79 Å². The van der Waals surface area contributed by atoms with Gasteiger partial charge in [-0.2, -0.15) is 5.26 Å². The predicted octanol–water partition coefficient (Wildman–Crippen LogP) is 2.44. The SMILES string of the molecule is N#Cc1cc(C(=O)N2CCOCC2)c2c(ccc3cccn32)c1. The predicted molar refractivity (Wildman–Crippen MR) is 86.3 cm³/mol. The molecule has 3 heterocycles. The van der Waals surface area contributed by atoms with E-state index in [0.717, 1.165) is 16.4 Å². The van der Waals surface area contributed by atoms with Gasteiger partial charge in [-0.25, -0.2) is 0 Å². The topological polar surface area (TPSA) is 57.7 Å². The zero-order chi connectivity index (χ0) is 15.8. The molecular formula is C18H15N3O2. The molecule has 2 aromatic heterocycles. The Labute approximate surface area is 133 Å². The van der Waals surface area contributed by atoms with Crippen LogP contribution in [0.5, 0.6) is 0 Å². The molecule has 1 fully saturated rings. The molecule has 4 rings (SSSR count). The fourth-order valence-electron chi connectivity index (χ4n) is 3.13. The summed E-state index contributed by atoms with van der Waals surface area (Å²) in [6.45, 7) is 2.28. The van der Waals surface area contributed by atoms with Gasteiger partial charge in [0, 0.05) is 30.2 Å². The van der Waals surface area contributed by atoms with E-state index in [-0.39, 0.29) is 5.91 Å². The maximum Gasteiger partial charge on any atom is 0.256 e. The van der Waals surface area contributed by atoms with Crippen molar-refractivity contribution in [3.63, 3.8) is 0 Å². The normalized spacial score (nSPS) is 15.0. The number of hydrogen-bond acceptors (Lipinski definition) is 3. The van der Waals surface area contributed by atoms with Crippen molar-refractivity contribution in [1.82, 2.24) is 9.30 Å². The second-order valence-corrected chi connectivity index (χ2v) is 5.61. The van der Waals surface area contributed by atoms with E-state index in [2.05, 4.69) is 6.07 Å². The van der Waals surface area contributed by atoms with Crippen molar-refractivity contribution < 1.29 is 9.53 Å². The van der Waals surface area contributed by atoms with Gasteiger partial charge in [0.2, 0.25) is 0 Å². The van der Waals surface area contributed by atoms with Gasteiger partial charge in [0.15, 0.2) is 0 Å². The van der Waals surface area contributed by atoms with Crippen LogP contribution in [0, 0.1) is 11.3 Å². The van der Waals surface area contributed by atoms with Crippen molar-refractivity contribution >= 4 is 22.3 Å². The summed E-state index contributed by atoms with van der Waals surface area (Å²) < 4.78 is 7.33. The van der Waals surface area contributed by atoms with Gasteiger partial charge >= 0.3 is 0 Å². The number of nitriles is 1. The molecule has 0 aliphatic carbocycles. The number of rotatable bonds is 1. The molecule has 23 heavy (non-hydrogen) atoms. The summed E-state index contributed by atoms with van der Waals surface area (Å²) in [6.07, 6.45) is 1.94. The van der Waals surface area contributed by atoms with E-state index in [1.807, 2.05) is 40.9 Å². The summed E-state index contributed by atoms with van der Waals surface area (Å²) in [7, 11) is 0. The summed E-state index contributed by atoms with van der Waals surface area (Å²) >= 11 is 0. The highest BCUT2D eigenvalue weighted by Gasteiger charge is 2.22. The number of amides is 1. The lowest BCUT2D eigenvalue weighted by Gasteiger charge is -2.27. The highest BCUT2D eigenvalue weighted by Crippen LogP contribution is 2.25. The van der Waals surface area contributed by atoms with Crippen LogP contribution in [0.4, 0.5) is 0 Å². The van der Waals surface area contributed by atoms with Gasteiger partial charge in [0.1, 0.15) is 0 Å². The standard InChI is InChI=1S/C18H15N3O2/c19-12-13-10-14-3-4-15-2-1-5-21(15)17(14)16(11-13)18(22)20-6-8-23-9-7-20/h1-5,10-11H,6-9H2. The van der Waals surface area contributed by atoms with Crippen LogP contribution in [0.2, 0.25) is 0 Å². The lowest BCUT2D eigenvalue weighted by atomic mass is 10.0. The molecule has 1 aromatic carbocycles. The monoisotopic (exact) mass is 305 g/mol. The van der Waals surface area contributed by atoms with Crippen LogP contribution >= 0.6 is 0 Å². The second kappa shape index (κ2) is 5.41. The largest absolute Gasteiger partial charge is 0.378 e. The average Bonchev–Trinajstić information content (AvgIpc) is 3.09. The summed E-state index contributed by atoms with van der Waals surface area (Å²) in [5.41, 5.74) is 2.95. The fourth-order valence-corrected chi connectivity index (χ4v) is 3.13. The summed E-state index contributed by atoms with van der Waals surface area (Å²) in [5.74, 6) is -0.0448. The fraction of sp³-hybridized carbons (Fsp3) is 0.222. The molecule has 0 spiro atoms. The van der Waals surface area contributed by atoms with E-state index in [1.54, 1.807) is 11.0 Å². The zero-order valence-electron chi connectivity index (χ0n) is 12.5. The van der Waals surface area contributed by atoms with Crippen LogP contribution in [0.1, 0.15) is 15.9 Å². The highest BCUT2D eigenvalue weighted by atomic mass is 16.5. The van der Waals surface area contributed by atoms with E-state index in [1.165, 1.54) is 0 Å². The van der Waals surface area contributed by atoms with E-state index in [0.29, 0.717) is 37.4 Å². The molecule has 114 valence electrons. The summed E-state index contributed by atoms with van der Waals surface area (Å²) in [6, 6.07) is 13.6. The highest BCUT2D eigenvalue weighted by molar-refractivity contribution is 6.07. The maximum atomic E-state index is 13.0. The van der Waals surface area contributed by atoms with E-state index >= 15 is 0 Å². The molecule has 1 aliphatic heterocycles. The number of nitrogens with zero attached hydrogens (tertiary/aromatic N) is 3. The first-order chi connectivity index (χ1) is 11.3. The lowest BCUT2D eigenvalue weighted by Crippen LogP contribution is -2.40. The van der Waals surface area contributed by atoms with Crippen LogP contribution in [-0.4, -0.2) is 41.5 Å². The van der Waals surface area contributed by atoms with Crippen molar-refractivity contribution in [2.24, 2.45) is 0 Å². The van der Waals surface area contributed by atoms with Crippen LogP contribution in [0.15, 0.2) is 42.6 Å². The molecule has 1 saturated heterocycles. The van der Waals surface area contributed by atoms with Crippen molar-refractivity contribution in [2.45, 2.75) is 0 Å². The number of carbonyl (C=O) groups is 1. The average molecular weight is 305 g/mol. The third-order valence-electron chi connectivity index (χ3n) is 4.25. The van der Waals surface area contributed by atoms with Crippen LogP contribution in [0.25, 0.3) is 16.4 Å². The molecule has 1 aliphatic rings. The molecule has 0 bridgehead atoms. The Morgan fingerprint density at radius 3 is 2.78 bits per heavy atom. The Balaban J connectivity index is 1.97. The van der Waals surface area contributed by atoms with E-state index in [9.17, 15) is 10.1 Å². The Morgan fingerprint density at radius 2 is 2.00 bits per heavy atom. The number of benzene rings is 1. The van der Waals surface area contributed by atoms with Crippen molar-refractivity contribution in [3.05, 3.63) is 53.7 Å². The number of pyridine rings is 1. The van der Waals surface area contributed by atoms with Crippen LogP contribution in [-0.2, 0) is 4.74 Å². The third kappa shape index (κ3) is 2.24. The first-order valence-corrected chi connectivity index (χ1v) is 7.59. The van der Waals surface area contributed by atoms with Crippen molar-refractivity contribution in [1.29, 1.82) is 5.26 Å². The minimum absolute atomic E-state index is 0.0448. The minimum Gasteiger partial charge on any atom is -0.378 e. The molecule has 5 nitrogen and oxygen atoms in total.